The van der Waals surface area contributed by atoms with Crippen LogP contribution < -0.4 is 0 Å². The fraction of sp³-hybridized carbons (Fsp3) is 0.875. The molecule has 4 heteroatoms. The van der Waals surface area contributed by atoms with Gasteiger partial charge >= 0.3 is 0 Å². The standard InChI is InChI=1S/C8H13NO3/c1-6(9(11)12)7-3-2-4-8(10)5-7/h6-7H,2-5H2,1H3/t6-,7+/m1/s1. The van der Waals surface area contributed by atoms with Crippen LogP contribution in [-0.2, 0) is 4.79 Å². The molecule has 2 atom stereocenters. The molecule has 0 unspecified atom stereocenters. The predicted octanol–water partition coefficient (Wildman–Crippen LogP) is 1.41. The summed E-state index contributed by atoms with van der Waals surface area (Å²) in [5, 5.41) is 10.4. The van der Waals surface area contributed by atoms with Crippen molar-refractivity contribution in [3.8, 4) is 0 Å². The van der Waals surface area contributed by atoms with Crippen molar-refractivity contribution in [1.29, 1.82) is 0 Å². The number of carbonyl (C=O) groups excluding carboxylic acids is 1. The Morgan fingerprint density at radius 2 is 2.33 bits per heavy atom. The van der Waals surface area contributed by atoms with Crippen molar-refractivity contribution in [3.63, 3.8) is 0 Å². The van der Waals surface area contributed by atoms with E-state index in [1.54, 1.807) is 6.92 Å². The Labute approximate surface area is 71.1 Å². The van der Waals surface area contributed by atoms with Crippen LogP contribution in [0.4, 0.5) is 0 Å². The maximum atomic E-state index is 11.0. The van der Waals surface area contributed by atoms with Gasteiger partial charge in [0.25, 0.3) is 0 Å². The summed E-state index contributed by atoms with van der Waals surface area (Å²) in [4.78, 5) is 21.1. The maximum absolute atomic E-state index is 11.0. The summed E-state index contributed by atoms with van der Waals surface area (Å²) in [7, 11) is 0. The van der Waals surface area contributed by atoms with E-state index in [0.29, 0.717) is 12.8 Å². The van der Waals surface area contributed by atoms with Gasteiger partial charge in [-0.15, -0.1) is 0 Å². The van der Waals surface area contributed by atoms with Gasteiger partial charge in [0, 0.05) is 30.6 Å². The highest BCUT2D eigenvalue weighted by Gasteiger charge is 2.30. The lowest BCUT2D eigenvalue weighted by atomic mass is 9.84. The lowest BCUT2D eigenvalue weighted by molar-refractivity contribution is -0.528. The number of rotatable bonds is 2. The Kier molecular flexibility index (Phi) is 2.78. The minimum absolute atomic E-state index is 0.0266. The summed E-state index contributed by atoms with van der Waals surface area (Å²) in [5.74, 6) is 0.154. The van der Waals surface area contributed by atoms with E-state index in [-0.39, 0.29) is 16.6 Å². The number of Topliss-reactive ketones (excluding diaryl/α,β-unsaturated/α-hetero) is 1. The van der Waals surface area contributed by atoms with Crippen LogP contribution in [-0.4, -0.2) is 16.7 Å². The third kappa shape index (κ3) is 2.03. The van der Waals surface area contributed by atoms with E-state index in [0.717, 1.165) is 12.8 Å². The SMILES string of the molecule is C[C@H]([C@H]1CCCC(=O)C1)[N+](=O)[O-]. The second-order valence-corrected chi connectivity index (χ2v) is 3.42. The summed E-state index contributed by atoms with van der Waals surface area (Å²) < 4.78 is 0. The first-order valence-corrected chi connectivity index (χ1v) is 4.26. The van der Waals surface area contributed by atoms with Crippen molar-refractivity contribution in [2.45, 2.75) is 38.6 Å². The molecule has 1 saturated carbocycles. The summed E-state index contributed by atoms with van der Waals surface area (Å²) >= 11 is 0. The van der Waals surface area contributed by atoms with Crippen molar-refractivity contribution in [2.75, 3.05) is 0 Å². The number of hydrogen-bond donors (Lipinski definition) is 0. The third-order valence-electron chi connectivity index (χ3n) is 2.54. The van der Waals surface area contributed by atoms with Crippen molar-refractivity contribution >= 4 is 5.78 Å². The molecule has 0 aromatic rings. The lowest BCUT2D eigenvalue weighted by Gasteiger charge is -2.21. The van der Waals surface area contributed by atoms with Gasteiger partial charge < -0.3 is 0 Å². The average Bonchev–Trinajstić information content (AvgIpc) is 2.03. The van der Waals surface area contributed by atoms with Crippen LogP contribution >= 0.6 is 0 Å². The van der Waals surface area contributed by atoms with E-state index in [4.69, 9.17) is 0 Å². The van der Waals surface area contributed by atoms with E-state index in [1.165, 1.54) is 0 Å². The second kappa shape index (κ2) is 3.65. The van der Waals surface area contributed by atoms with E-state index >= 15 is 0 Å². The summed E-state index contributed by atoms with van der Waals surface area (Å²) in [6.45, 7) is 1.59. The molecule has 0 spiro atoms. The van der Waals surface area contributed by atoms with E-state index < -0.39 is 6.04 Å². The van der Waals surface area contributed by atoms with Gasteiger partial charge in [-0.1, -0.05) is 0 Å². The molecule has 0 N–H and O–H groups in total. The second-order valence-electron chi connectivity index (χ2n) is 3.42. The number of nitrogens with zero attached hydrogens (tertiary/aromatic N) is 1. The number of ketones is 1. The van der Waals surface area contributed by atoms with Gasteiger partial charge in [0.05, 0.1) is 0 Å². The van der Waals surface area contributed by atoms with Crippen LogP contribution in [0.15, 0.2) is 0 Å². The Morgan fingerprint density at radius 1 is 1.67 bits per heavy atom. The number of carbonyl (C=O) groups is 1. The molecule has 0 heterocycles. The van der Waals surface area contributed by atoms with Gasteiger partial charge in [0.2, 0.25) is 6.04 Å². The summed E-state index contributed by atoms with van der Waals surface area (Å²) in [6, 6.07) is -0.561. The Balaban J connectivity index is 2.51. The molecular formula is C8H13NO3. The van der Waals surface area contributed by atoms with Gasteiger partial charge in [-0.2, -0.15) is 0 Å². The quantitative estimate of drug-likeness (QED) is 0.466. The molecule has 0 saturated heterocycles. The summed E-state index contributed by atoms with van der Waals surface area (Å²) in [6.07, 6.45) is 2.67. The van der Waals surface area contributed by atoms with Gasteiger partial charge in [0.15, 0.2) is 0 Å². The molecule has 1 aliphatic carbocycles. The van der Waals surface area contributed by atoms with Crippen LogP contribution in [0.2, 0.25) is 0 Å². The van der Waals surface area contributed by atoms with Crippen LogP contribution in [0.25, 0.3) is 0 Å². The van der Waals surface area contributed by atoms with E-state index in [2.05, 4.69) is 0 Å². The van der Waals surface area contributed by atoms with E-state index in [1.807, 2.05) is 0 Å². The molecule has 0 radical (unpaired) electrons. The normalized spacial score (nSPS) is 26.8. The highest BCUT2D eigenvalue weighted by molar-refractivity contribution is 5.79. The summed E-state index contributed by atoms with van der Waals surface area (Å²) in [5.41, 5.74) is 0. The van der Waals surface area contributed by atoms with Crippen molar-refractivity contribution < 1.29 is 9.72 Å². The molecule has 0 amide bonds. The molecule has 68 valence electrons. The fourth-order valence-electron chi connectivity index (χ4n) is 1.64. The van der Waals surface area contributed by atoms with Gasteiger partial charge in [0.1, 0.15) is 5.78 Å². The van der Waals surface area contributed by atoms with Crippen LogP contribution in [0.3, 0.4) is 0 Å². The highest BCUT2D eigenvalue weighted by atomic mass is 16.6. The molecular weight excluding hydrogens is 158 g/mol. The minimum Gasteiger partial charge on any atom is -0.300 e. The van der Waals surface area contributed by atoms with Crippen molar-refractivity contribution in [2.24, 2.45) is 5.92 Å². The third-order valence-corrected chi connectivity index (χ3v) is 2.54. The number of nitro groups is 1. The lowest BCUT2D eigenvalue weighted by Crippen LogP contribution is -2.30. The molecule has 1 aliphatic rings. The molecule has 4 nitrogen and oxygen atoms in total. The Hall–Kier alpha value is -0.930. The van der Waals surface area contributed by atoms with Crippen LogP contribution in [0.5, 0.6) is 0 Å². The zero-order valence-corrected chi connectivity index (χ0v) is 7.16. The molecule has 0 aliphatic heterocycles. The first kappa shape index (κ1) is 9.16. The molecule has 0 aromatic carbocycles. The molecule has 12 heavy (non-hydrogen) atoms. The van der Waals surface area contributed by atoms with Gasteiger partial charge in [-0.05, 0) is 12.8 Å². The Bertz CT molecular complexity index is 200. The fourth-order valence-corrected chi connectivity index (χ4v) is 1.64. The predicted molar refractivity (Wildman–Crippen MR) is 43.4 cm³/mol. The molecule has 0 aromatic heterocycles. The smallest absolute Gasteiger partial charge is 0.213 e. The van der Waals surface area contributed by atoms with Crippen LogP contribution in [0, 0.1) is 16.0 Å². The van der Waals surface area contributed by atoms with Crippen molar-refractivity contribution in [3.05, 3.63) is 10.1 Å². The largest absolute Gasteiger partial charge is 0.300 e. The van der Waals surface area contributed by atoms with Crippen LogP contribution in [0.1, 0.15) is 32.6 Å². The minimum atomic E-state index is -0.561. The number of hydrogen-bond acceptors (Lipinski definition) is 3. The zero-order valence-electron chi connectivity index (χ0n) is 7.16. The van der Waals surface area contributed by atoms with E-state index in [9.17, 15) is 14.9 Å². The average molecular weight is 171 g/mol. The van der Waals surface area contributed by atoms with Gasteiger partial charge in [-0.25, -0.2) is 0 Å². The molecule has 1 rings (SSSR count). The first-order valence-electron chi connectivity index (χ1n) is 4.26. The molecule has 0 bridgehead atoms. The topological polar surface area (TPSA) is 60.2 Å². The van der Waals surface area contributed by atoms with Gasteiger partial charge in [-0.3, -0.25) is 14.9 Å². The highest BCUT2D eigenvalue weighted by Crippen LogP contribution is 2.25. The monoisotopic (exact) mass is 171 g/mol. The van der Waals surface area contributed by atoms with Crippen molar-refractivity contribution in [1.82, 2.24) is 0 Å². The first-order chi connectivity index (χ1) is 5.61. The zero-order chi connectivity index (χ0) is 9.14. The maximum Gasteiger partial charge on any atom is 0.213 e. The Morgan fingerprint density at radius 3 is 2.83 bits per heavy atom. The molecule has 1 fully saturated rings.